The predicted octanol–water partition coefficient (Wildman–Crippen LogP) is 4.07. The zero-order chi connectivity index (χ0) is 12.6. The molecule has 1 rings (SSSR count). The number of rotatable bonds is 8. The topological polar surface area (TPSA) is 9.23 Å². The highest BCUT2D eigenvalue weighted by atomic mass is 79.9. The standard InChI is InChI=1S/C14H23BrOSi/c1-17(2,14-10-6-5-7-11-14)16-13-9-4-3-8-12-15/h5-7,10-11H,3-4,8-9,12-13H2,1-2H3. The first-order chi connectivity index (χ1) is 8.17. The van der Waals surface area contributed by atoms with Crippen molar-refractivity contribution in [3.63, 3.8) is 0 Å². The Bertz CT molecular complexity index is 300. The second-order valence-electron chi connectivity index (χ2n) is 4.83. The van der Waals surface area contributed by atoms with Crippen LogP contribution in [0.25, 0.3) is 0 Å². The zero-order valence-electron chi connectivity index (χ0n) is 10.9. The molecule has 0 aliphatic rings. The molecule has 1 nitrogen and oxygen atoms in total. The van der Waals surface area contributed by atoms with Crippen molar-refractivity contribution >= 4 is 29.4 Å². The molecular formula is C14H23BrOSi. The van der Waals surface area contributed by atoms with E-state index in [2.05, 4.69) is 59.4 Å². The number of hydrogen-bond donors (Lipinski definition) is 0. The Morgan fingerprint density at radius 2 is 1.65 bits per heavy atom. The van der Waals surface area contributed by atoms with Crippen molar-refractivity contribution in [1.82, 2.24) is 0 Å². The van der Waals surface area contributed by atoms with Gasteiger partial charge in [0, 0.05) is 11.9 Å². The Labute approximate surface area is 115 Å². The fourth-order valence-electron chi connectivity index (χ4n) is 1.80. The molecule has 0 atom stereocenters. The summed E-state index contributed by atoms with van der Waals surface area (Å²) in [6, 6.07) is 10.6. The predicted molar refractivity (Wildman–Crippen MR) is 81.8 cm³/mol. The van der Waals surface area contributed by atoms with Crippen LogP contribution in [-0.2, 0) is 4.43 Å². The fraction of sp³-hybridized carbons (Fsp3) is 0.571. The van der Waals surface area contributed by atoms with Gasteiger partial charge in [-0.1, -0.05) is 59.1 Å². The summed E-state index contributed by atoms with van der Waals surface area (Å²) in [5.41, 5.74) is 0. The maximum Gasteiger partial charge on any atom is 0.218 e. The molecule has 0 bridgehead atoms. The Hall–Kier alpha value is -0.123. The Kier molecular flexibility index (Phi) is 7.08. The minimum atomic E-state index is -1.66. The number of unbranched alkanes of at least 4 members (excludes halogenated alkanes) is 3. The molecule has 3 heteroatoms. The molecular weight excluding hydrogens is 292 g/mol. The molecule has 1 aromatic rings. The van der Waals surface area contributed by atoms with Crippen LogP contribution in [0.2, 0.25) is 13.1 Å². The minimum absolute atomic E-state index is 0.913. The van der Waals surface area contributed by atoms with Crippen LogP contribution in [-0.4, -0.2) is 20.3 Å². The Morgan fingerprint density at radius 3 is 2.29 bits per heavy atom. The lowest BCUT2D eigenvalue weighted by Crippen LogP contribution is -2.44. The summed E-state index contributed by atoms with van der Waals surface area (Å²) >= 11 is 3.46. The molecule has 0 fully saturated rings. The van der Waals surface area contributed by atoms with Gasteiger partial charge in [0.15, 0.2) is 0 Å². The van der Waals surface area contributed by atoms with Crippen LogP contribution in [0.1, 0.15) is 25.7 Å². The highest BCUT2D eigenvalue weighted by Crippen LogP contribution is 2.08. The van der Waals surface area contributed by atoms with E-state index >= 15 is 0 Å². The molecule has 0 aliphatic carbocycles. The van der Waals surface area contributed by atoms with Crippen LogP contribution in [0.15, 0.2) is 30.3 Å². The molecule has 0 spiro atoms. The first-order valence-electron chi connectivity index (χ1n) is 6.42. The third-order valence-corrected chi connectivity index (χ3v) is 6.17. The molecule has 0 amide bonds. The van der Waals surface area contributed by atoms with Gasteiger partial charge in [-0.3, -0.25) is 0 Å². The summed E-state index contributed by atoms with van der Waals surface area (Å²) in [5, 5.41) is 2.51. The summed E-state index contributed by atoms with van der Waals surface area (Å²) in [5.74, 6) is 0. The van der Waals surface area contributed by atoms with Gasteiger partial charge in [-0.2, -0.15) is 0 Å². The number of benzene rings is 1. The van der Waals surface area contributed by atoms with Crippen molar-refractivity contribution in [1.29, 1.82) is 0 Å². The normalized spacial score (nSPS) is 11.7. The Morgan fingerprint density at radius 1 is 1.00 bits per heavy atom. The highest BCUT2D eigenvalue weighted by molar-refractivity contribution is 9.09. The van der Waals surface area contributed by atoms with Crippen LogP contribution in [0.5, 0.6) is 0 Å². The van der Waals surface area contributed by atoms with Gasteiger partial charge in [-0.05, 0) is 31.1 Å². The van der Waals surface area contributed by atoms with Crippen molar-refractivity contribution in [2.75, 3.05) is 11.9 Å². The van der Waals surface area contributed by atoms with Crippen LogP contribution < -0.4 is 5.19 Å². The average molecular weight is 315 g/mol. The number of alkyl halides is 1. The van der Waals surface area contributed by atoms with Crippen molar-refractivity contribution < 1.29 is 4.43 Å². The quantitative estimate of drug-likeness (QED) is 0.399. The molecule has 17 heavy (non-hydrogen) atoms. The molecule has 0 unspecified atom stereocenters. The van der Waals surface area contributed by atoms with Gasteiger partial charge in [0.05, 0.1) is 0 Å². The van der Waals surface area contributed by atoms with Crippen LogP contribution in [0.3, 0.4) is 0 Å². The van der Waals surface area contributed by atoms with Gasteiger partial charge in [-0.15, -0.1) is 0 Å². The number of hydrogen-bond acceptors (Lipinski definition) is 1. The maximum atomic E-state index is 6.12. The maximum absolute atomic E-state index is 6.12. The first-order valence-corrected chi connectivity index (χ1v) is 10.5. The molecule has 1 aromatic carbocycles. The average Bonchev–Trinajstić information content (AvgIpc) is 2.35. The van der Waals surface area contributed by atoms with Gasteiger partial charge >= 0.3 is 0 Å². The van der Waals surface area contributed by atoms with E-state index in [-0.39, 0.29) is 0 Å². The lowest BCUT2D eigenvalue weighted by atomic mass is 10.2. The third-order valence-electron chi connectivity index (χ3n) is 2.96. The second-order valence-corrected chi connectivity index (χ2v) is 9.51. The molecule has 0 saturated heterocycles. The second kappa shape index (κ2) is 8.06. The molecule has 0 radical (unpaired) electrons. The summed E-state index contributed by atoms with van der Waals surface area (Å²) in [6.07, 6.45) is 5.06. The summed E-state index contributed by atoms with van der Waals surface area (Å²) < 4.78 is 6.12. The molecule has 96 valence electrons. The zero-order valence-corrected chi connectivity index (χ0v) is 13.5. The SMILES string of the molecule is C[Si](C)(OCCCCCCBr)c1ccccc1. The van der Waals surface area contributed by atoms with Gasteiger partial charge < -0.3 is 4.43 Å². The van der Waals surface area contributed by atoms with E-state index in [0.717, 1.165) is 11.9 Å². The van der Waals surface area contributed by atoms with E-state index in [1.54, 1.807) is 0 Å². The monoisotopic (exact) mass is 314 g/mol. The van der Waals surface area contributed by atoms with Crippen LogP contribution in [0, 0.1) is 0 Å². The molecule has 0 N–H and O–H groups in total. The minimum Gasteiger partial charge on any atom is -0.413 e. The van der Waals surface area contributed by atoms with Gasteiger partial charge in [0.2, 0.25) is 8.32 Å². The smallest absolute Gasteiger partial charge is 0.218 e. The van der Waals surface area contributed by atoms with Gasteiger partial charge in [0.25, 0.3) is 0 Å². The van der Waals surface area contributed by atoms with E-state index in [9.17, 15) is 0 Å². The van der Waals surface area contributed by atoms with E-state index in [1.165, 1.54) is 30.9 Å². The summed E-state index contributed by atoms with van der Waals surface area (Å²) in [6.45, 7) is 5.47. The molecule has 0 aliphatic heterocycles. The largest absolute Gasteiger partial charge is 0.413 e. The van der Waals surface area contributed by atoms with Crippen molar-refractivity contribution in [3.8, 4) is 0 Å². The van der Waals surface area contributed by atoms with Gasteiger partial charge in [0.1, 0.15) is 0 Å². The van der Waals surface area contributed by atoms with E-state index in [4.69, 9.17) is 4.43 Å². The fourth-order valence-corrected chi connectivity index (χ4v) is 4.01. The lowest BCUT2D eigenvalue weighted by molar-refractivity contribution is 0.303. The molecule has 0 aromatic heterocycles. The van der Waals surface area contributed by atoms with Crippen LogP contribution in [0.4, 0.5) is 0 Å². The van der Waals surface area contributed by atoms with E-state index in [0.29, 0.717) is 0 Å². The lowest BCUT2D eigenvalue weighted by Gasteiger charge is -2.23. The molecule has 0 saturated carbocycles. The summed E-state index contributed by atoms with van der Waals surface area (Å²) in [7, 11) is -1.66. The van der Waals surface area contributed by atoms with Gasteiger partial charge in [-0.25, -0.2) is 0 Å². The van der Waals surface area contributed by atoms with Crippen molar-refractivity contribution in [2.45, 2.75) is 38.8 Å². The highest BCUT2D eigenvalue weighted by Gasteiger charge is 2.24. The van der Waals surface area contributed by atoms with E-state index in [1.807, 2.05) is 0 Å². The summed E-state index contributed by atoms with van der Waals surface area (Å²) in [4.78, 5) is 0. The Balaban J connectivity index is 2.26. The first kappa shape index (κ1) is 14.9. The van der Waals surface area contributed by atoms with Crippen molar-refractivity contribution in [2.24, 2.45) is 0 Å². The third kappa shape index (κ3) is 5.84. The van der Waals surface area contributed by atoms with E-state index < -0.39 is 8.32 Å². The van der Waals surface area contributed by atoms with Crippen LogP contribution >= 0.6 is 15.9 Å². The van der Waals surface area contributed by atoms with Crippen molar-refractivity contribution in [3.05, 3.63) is 30.3 Å². The number of halogens is 1. The molecule has 0 heterocycles.